The molecule has 1 aromatic heterocycles. The van der Waals surface area contributed by atoms with E-state index in [1.807, 2.05) is 45.4 Å². The van der Waals surface area contributed by atoms with Gasteiger partial charge in [0.1, 0.15) is 12.9 Å². The molecule has 0 unspecified atom stereocenters. The SMILES string of the molecule is [2H]c1c(C)[n+](C)c(-c2c(C)c(C)cc(C)c2F)c2ccc([Si](C)(C)C)cc12. The van der Waals surface area contributed by atoms with Crippen LogP contribution in [0.5, 0.6) is 0 Å². The molecule has 136 valence electrons. The van der Waals surface area contributed by atoms with Gasteiger partial charge in [-0.05, 0) is 48.9 Å². The first-order chi connectivity index (χ1) is 12.4. The third kappa shape index (κ3) is 2.99. The quantitative estimate of drug-likeness (QED) is 0.430. The standard InChI is InChI=1S/C23H29FNSi/c1-14-11-15(2)22(24)21(17(14)4)23-20-10-9-19(26(6,7)8)13-18(20)12-16(3)25(23)5/h9-13H,1-8H3/q+1/i12D. The van der Waals surface area contributed by atoms with Gasteiger partial charge in [-0.3, -0.25) is 0 Å². The number of halogens is 1. The zero-order valence-corrected chi connectivity index (χ0v) is 18.1. The summed E-state index contributed by atoms with van der Waals surface area (Å²) in [7, 11) is 0.431. The molecule has 2 aromatic carbocycles. The number of aromatic nitrogens is 1. The molecular formula is C23H29FNSi+. The molecule has 3 rings (SSSR count). The molecule has 26 heavy (non-hydrogen) atoms. The lowest BCUT2D eigenvalue weighted by Crippen LogP contribution is -2.38. The topological polar surface area (TPSA) is 3.88 Å². The van der Waals surface area contributed by atoms with Gasteiger partial charge in [-0.2, -0.15) is 4.57 Å². The second-order valence-corrected chi connectivity index (χ2v) is 13.5. The Morgan fingerprint density at radius 2 is 1.65 bits per heavy atom. The fourth-order valence-corrected chi connectivity index (χ4v) is 4.75. The van der Waals surface area contributed by atoms with Gasteiger partial charge >= 0.3 is 0 Å². The van der Waals surface area contributed by atoms with Crippen LogP contribution in [0, 0.1) is 33.5 Å². The third-order valence-electron chi connectivity index (χ3n) is 5.50. The second-order valence-electron chi connectivity index (χ2n) is 8.45. The minimum absolute atomic E-state index is 0.165. The van der Waals surface area contributed by atoms with Gasteiger partial charge in [0.2, 0.25) is 5.69 Å². The van der Waals surface area contributed by atoms with Crippen LogP contribution in [0.1, 0.15) is 23.8 Å². The van der Waals surface area contributed by atoms with Crippen molar-refractivity contribution >= 4 is 24.0 Å². The van der Waals surface area contributed by atoms with Crippen molar-refractivity contribution in [2.75, 3.05) is 0 Å². The molecule has 0 aliphatic rings. The van der Waals surface area contributed by atoms with Crippen LogP contribution in [-0.2, 0) is 7.05 Å². The molecule has 3 aromatic rings. The maximum atomic E-state index is 15.3. The number of fused-ring (bicyclic) bond motifs is 1. The highest BCUT2D eigenvalue weighted by atomic mass is 28.3. The first-order valence-corrected chi connectivity index (χ1v) is 12.6. The van der Waals surface area contributed by atoms with Crippen LogP contribution in [0.3, 0.4) is 0 Å². The highest BCUT2D eigenvalue weighted by Gasteiger charge is 2.26. The second kappa shape index (κ2) is 6.31. The highest BCUT2D eigenvalue weighted by Crippen LogP contribution is 2.33. The predicted molar refractivity (Wildman–Crippen MR) is 112 cm³/mol. The summed E-state index contributed by atoms with van der Waals surface area (Å²) in [4.78, 5) is 0. The van der Waals surface area contributed by atoms with Crippen molar-refractivity contribution in [1.82, 2.24) is 0 Å². The monoisotopic (exact) mass is 367 g/mol. The van der Waals surface area contributed by atoms with Crippen molar-refractivity contribution in [3.8, 4) is 11.3 Å². The van der Waals surface area contributed by atoms with E-state index in [9.17, 15) is 0 Å². The van der Waals surface area contributed by atoms with Crippen LogP contribution in [-0.4, -0.2) is 8.07 Å². The fourth-order valence-electron chi connectivity index (χ4n) is 3.59. The van der Waals surface area contributed by atoms with Crippen LogP contribution in [0.15, 0.2) is 30.3 Å². The van der Waals surface area contributed by atoms with Gasteiger partial charge in [0.05, 0.1) is 20.4 Å². The molecule has 0 spiro atoms. The average Bonchev–Trinajstić information content (AvgIpc) is 2.59. The van der Waals surface area contributed by atoms with Crippen molar-refractivity contribution in [1.29, 1.82) is 0 Å². The zero-order valence-electron chi connectivity index (χ0n) is 18.1. The molecule has 0 amide bonds. The number of nitrogens with zero attached hydrogens (tertiary/aromatic N) is 1. The molecule has 0 atom stereocenters. The van der Waals surface area contributed by atoms with Gasteiger partial charge in [0.25, 0.3) is 0 Å². The van der Waals surface area contributed by atoms with Crippen LogP contribution in [0.4, 0.5) is 4.39 Å². The van der Waals surface area contributed by atoms with E-state index in [-0.39, 0.29) is 5.82 Å². The van der Waals surface area contributed by atoms with E-state index in [1.54, 1.807) is 0 Å². The summed E-state index contributed by atoms with van der Waals surface area (Å²) in [5, 5.41) is 3.18. The number of hydrogen-bond acceptors (Lipinski definition) is 0. The van der Waals surface area contributed by atoms with Gasteiger partial charge in [-0.25, -0.2) is 4.39 Å². The van der Waals surface area contributed by atoms with Gasteiger partial charge in [-0.1, -0.05) is 43.0 Å². The lowest BCUT2D eigenvalue weighted by Gasteiger charge is -2.18. The van der Waals surface area contributed by atoms with Gasteiger partial charge in [-0.15, -0.1) is 0 Å². The Labute approximate surface area is 158 Å². The van der Waals surface area contributed by atoms with Crippen molar-refractivity contribution in [3.05, 3.63) is 58.5 Å². The molecule has 0 saturated heterocycles. The minimum Gasteiger partial charge on any atom is -0.206 e. The Morgan fingerprint density at radius 3 is 2.27 bits per heavy atom. The molecule has 1 nitrogen and oxygen atoms in total. The van der Waals surface area contributed by atoms with E-state index in [0.717, 1.165) is 33.3 Å². The fraction of sp³-hybridized carbons (Fsp3) is 0.348. The first kappa shape index (κ1) is 17.4. The molecule has 0 fully saturated rings. The van der Waals surface area contributed by atoms with Crippen LogP contribution < -0.4 is 9.75 Å². The molecule has 0 radical (unpaired) electrons. The molecule has 0 saturated carbocycles. The van der Waals surface area contributed by atoms with E-state index in [4.69, 9.17) is 1.37 Å². The third-order valence-corrected chi connectivity index (χ3v) is 7.54. The number of benzene rings is 2. The van der Waals surface area contributed by atoms with Crippen molar-refractivity contribution < 1.29 is 10.3 Å². The summed E-state index contributed by atoms with van der Waals surface area (Å²) in [6, 6.07) is 8.86. The maximum absolute atomic E-state index is 15.3. The average molecular weight is 368 g/mol. The Kier molecular flexibility index (Phi) is 4.23. The summed E-state index contributed by atoms with van der Waals surface area (Å²) >= 11 is 0. The molecular weight excluding hydrogens is 337 g/mol. The van der Waals surface area contributed by atoms with Crippen molar-refractivity contribution in [2.24, 2.45) is 7.05 Å². The summed E-state index contributed by atoms with van der Waals surface area (Å²) in [5.41, 5.74) is 5.08. The molecule has 0 aliphatic carbocycles. The minimum atomic E-state index is -1.51. The number of aryl methyl sites for hydroxylation is 2. The van der Waals surface area contributed by atoms with Crippen LogP contribution >= 0.6 is 0 Å². The Bertz CT molecular complexity index is 1050. The summed E-state index contributed by atoms with van der Waals surface area (Å²) < 4.78 is 25.9. The lowest BCUT2D eigenvalue weighted by atomic mass is 9.93. The Balaban J connectivity index is 2.53. The summed E-state index contributed by atoms with van der Waals surface area (Å²) in [5.74, 6) is -0.165. The largest absolute Gasteiger partial charge is 0.223 e. The van der Waals surface area contributed by atoms with E-state index in [0.29, 0.717) is 17.2 Å². The number of rotatable bonds is 2. The van der Waals surface area contributed by atoms with Crippen molar-refractivity contribution in [3.63, 3.8) is 0 Å². The maximum Gasteiger partial charge on any atom is 0.223 e. The number of hydrogen-bond donors (Lipinski definition) is 0. The van der Waals surface area contributed by atoms with E-state index in [1.165, 1.54) is 5.19 Å². The Hall–Kier alpha value is -2.00. The molecule has 0 bridgehead atoms. The highest BCUT2D eigenvalue weighted by molar-refractivity contribution is 6.88. The van der Waals surface area contributed by atoms with E-state index >= 15 is 4.39 Å². The van der Waals surface area contributed by atoms with Crippen LogP contribution in [0.25, 0.3) is 22.0 Å². The summed E-state index contributed by atoms with van der Waals surface area (Å²) in [6.07, 6.45) is 0. The van der Waals surface area contributed by atoms with Gasteiger partial charge in [0, 0.05) is 13.0 Å². The molecule has 1 heterocycles. The summed E-state index contributed by atoms with van der Waals surface area (Å²) in [6.45, 7) is 14.7. The molecule has 0 N–H and O–H groups in total. The van der Waals surface area contributed by atoms with Gasteiger partial charge in [0.15, 0.2) is 5.69 Å². The zero-order chi connectivity index (χ0) is 20.3. The predicted octanol–water partition coefficient (Wildman–Crippen LogP) is 5.25. The lowest BCUT2D eigenvalue weighted by molar-refractivity contribution is -0.665. The van der Waals surface area contributed by atoms with Gasteiger partial charge < -0.3 is 0 Å². The molecule has 3 heteroatoms. The number of pyridine rings is 1. The van der Waals surface area contributed by atoms with E-state index in [2.05, 4.69) is 37.8 Å². The smallest absolute Gasteiger partial charge is 0.206 e. The normalized spacial score (nSPS) is 12.6. The molecule has 0 aliphatic heterocycles. The van der Waals surface area contributed by atoms with Crippen LogP contribution in [0.2, 0.25) is 19.6 Å². The van der Waals surface area contributed by atoms with Crippen molar-refractivity contribution in [2.45, 2.75) is 47.3 Å². The Morgan fingerprint density at radius 1 is 1.00 bits per heavy atom. The van der Waals surface area contributed by atoms with E-state index < -0.39 is 8.07 Å². The first-order valence-electron chi connectivity index (χ1n) is 9.65.